The Labute approximate surface area is 317 Å². The summed E-state index contributed by atoms with van der Waals surface area (Å²) in [5.41, 5.74) is 7.64. The van der Waals surface area contributed by atoms with E-state index in [0.717, 1.165) is 74.2 Å². The molecule has 6 aromatic rings. The largest absolute Gasteiger partial charge is 0.493 e. The van der Waals surface area contributed by atoms with Gasteiger partial charge in [-0.25, -0.2) is 9.18 Å². The molecule has 3 aromatic heterocycles. The van der Waals surface area contributed by atoms with Crippen LogP contribution in [0.3, 0.4) is 0 Å². The number of nitrogens with zero attached hydrogens (tertiary/aromatic N) is 6. The molecular formula is C41H44ClFN6O5. The molecule has 0 radical (unpaired) electrons. The molecule has 54 heavy (non-hydrogen) atoms. The number of aromatic nitrogens is 5. The Morgan fingerprint density at radius 3 is 2.57 bits per heavy atom. The molecule has 1 N–H and O–H groups in total. The number of morpholine rings is 1. The summed E-state index contributed by atoms with van der Waals surface area (Å²) in [4.78, 5) is 15.3. The normalized spacial score (nSPS) is 17.4. The van der Waals surface area contributed by atoms with Crippen LogP contribution >= 0.6 is 11.6 Å². The zero-order valence-electron chi connectivity index (χ0n) is 31.0. The summed E-state index contributed by atoms with van der Waals surface area (Å²) in [6, 6.07) is 14.6. The maximum absolute atomic E-state index is 14.4. The molecule has 0 saturated carbocycles. The van der Waals surface area contributed by atoms with Crippen LogP contribution in [0.4, 0.5) is 4.39 Å². The molecule has 11 nitrogen and oxygen atoms in total. The summed E-state index contributed by atoms with van der Waals surface area (Å²) in [6.45, 7) is 8.21. The van der Waals surface area contributed by atoms with Crippen molar-refractivity contribution in [3.05, 3.63) is 99.0 Å². The number of hydrogen-bond acceptors (Lipinski definition) is 7. The van der Waals surface area contributed by atoms with Crippen LogP contribution in [0, 0.1) is 19.7 Å². The second-order valence-corrected chi connectivity index (χ2v) is 14.7. The lowest BCUT2D eigenvalue weighted by molar-refractivity contribution is -0.0216. The van der Waals surface area contributed by atoms with E-state index in [9.17, 15) is 14.3 Å². The molecule has 13 heteroatoms. The van der Waals surface area contributed by atoms with Crippen molar-refractivity contribution in [2.24, 2.45) is 14.1 Å². The van der Waals surface area contributed by atoms with E-state index in [1.54, 1.807) is 6.07 Å². The van der Waals surface area contributed by atoms with Gasteiger partial charge in [-0.1, -0.05) is 17.7 Å². The molecule has 0 aliphatic carbocycles. The predicted octanol–water partition coefficient (Wildman–Crippen LogP) is 7.19. The minimum atomic E-state index is -1.02. The fourth-order valence-electron chi connectivity index (χ4n) is 8.14. The molecule has 1 saturated heterocycles. The maximum atomic E-state index is 14.4. The third-order valence-electron chi connectivity index (χ3n) is 10.9. The first kappa shape index (κ1) is 36.2. The first-order chi connectivity index (χ1) is 26.1. The monoisotopic (exact) mass is 754 g/mol. The van der Waals surface area contributed by atoms with Crippen LogP contribution in [0.1, 0.15) is 56.9 Å². The van der Waals surface area contributed by atoms with Crippen molar-refractivity contribution >= 4 is 39.2 Å². The van der Waals surface area contributed by atoms with E-state index in [1.807, 2.05) is 66.1 Å². The molecule has 1 unspecified atom stereocenters. The number of ether oxygens (including phenoxy) is 3. The van der Waals surface area contributed by atoms with Crippen LogP contribution in [0.25, 0.3) is 32.8 Å². The quantitative estimate of drug-likeness (QED) is 0.202. The number of carbonyl (C=O) groups is 1. The van der Waals surface area contributed by atoms with Crippen LogP contribution in [0.15, 0.2) is 48.5 Å². The number of rotatable bonds is 3. The van der Waals surface area contributed by atoms with E-state index >= 15 is 0 Å². The lowest BCUT2D eigenvalue weighted by atomic mass is 9.95. The number of fused-ring (bicyclic) bond motifs is 8. The van der Waals surface area contributed by atoms with E-state index in [-0.39, 0.29) is 18.1 Å². The number of hydrogen-bond donors (Lipinski definition) is 1. The third kappa shape index (κ3) is 6.76. The second kappa shape index (κ2) is 14.8. The van der Waals surface area contributed by atoms with Crippen molar-refractivity contribution in [3.63, 3.8) is 0 Å². The van der Waals surface area contributed by atoms with Gasteiger partial charge in [-0.3, -0.25) is 14.3 Å². The number of aromatic carboxylic acids is 1. The van der Waals surface area contributed by atoms with E-state index in [2.05, 4.69) is 11.0 Å². The van der Waals surface area contributed by atoms with E-state index < -0.39 is 12.1 Å². The van der Waals surface area contributed by atoms with Gasteiger partial charge in [0.15, 0.2) is 0 Å². The molecule has 2 aliphatic heterocycles. The summed E-state index contributed by atoms with van der Waals surface area (Å²) < 4.78 is 38.9. The van der Waals surface area contributed by atoms with Crippen molar-refractivity contribution < 1.29 is 28.5 Å². The Kier molecular flexibility index (Phi) is 9.95. The zero-order valence-corrected chi connectivity index (χ0v) is 31.7. The molecule has 2 aliphatic rings. The maximum Gasteiger partial charge on any atom is 0.352 e. The lowest BCUT2D eigenvalue weighted by Gasteiger charge is -2.30. The number of halogens is 2. The minimum absolute atomic E-state index is 0.203. The van der Waals surface area contributed by atoms with Gasteiger partial charge >= 0.3 is 5.97 Å². The highest BCUT2D eigenvalue weighted by Gasteiger charge is 2.31. The van der Waals surface area contributed by atoms with Crippen LogP contribution in [0.5, 0.6) is 5.75 Å². The Bertz CT molecular complexity index is 2390. The van der Waals surface area contributed by atoms with Crippen molar-refractivity contribution in [2.75, 3.05) is 39.5 Å². The van der Waals surface area contributed by atoms with Crippen molar-refractivity contribution in [1.29, 1.82) is 0 Å². The van der Waals surface area contributed by atoms with Gasteiger partial charge in [0.1, 0.15) is 29.1 Å². The van der Waals surface area contributed by atoms with E-state index in [4.69, 9.17) is 36.0 Å². The average Bonchev–Trinajstić information content (AvgIpc) is 3.76. The van der Waals surface area contributed by atoms with Gasteiger partial charge in [-0.2, -0.15) is 10.2 Å². The van der Waals surface area contributed by atoms with Crippen LogP contribution in [-0.2, 0) is 49.6 Å². The molecule has 282 valence electrons. The molecule has 0 spiro atoms. The highest BCUT2D eigenvalue weighted by molar-refractivity contribution is 6.35. The average molecular weight is 755 g/mol. The topological polar surface area (TPSA) is 109 Å². The lowest BCUT2D eigenvalue weighted by Crippen LogP contribution is -2.39. The van der Waals surface area contributed by atoms with E-state index in [1.165, 1.54) is 12.1 Å². The van der Waals surface area contributed by atoms with Gasteiger partial charge in [-0.15, -0.1) is 0 Å². The summed E-state index contributed by atoms with van der Waals surface area (Å²) >= 11 is 7.15. The number of benzene rings is 3. The standard InChI is InChI=1S/C41H44ClFN6O5/c1-24-36-33-11-10-32(42)38(36)37-25(2)46(3)45-39(37)35(22-48-13-16-52-17-14-48)54-23-29-21-30(47(4)44-29)8-6-26-18-27-20-28(43)7-9-31(27)34(19-26)53-15-5-12-49(33)40(24)41(50)51/h7,9-11,18-21,35H,5-6,8,12-17,22-23H2,1-4H3,(H,50,51). The van der Waals surface area contributed by atoms with Crippen LogP contribution in [0.2, 0.25) is 5.02 Å². The fourth-order valence-corrected chi connectivity index (χ4v) is 8.39. The second-order valence-electron chi connectivity index (χ2n) is 14.3. The predicted molar refractivity (Wildman–Crippen MR) is 205 cm³/mol. The Hall–Kier alpha value is -4.75. The molecule has 8 bridgehead atoms. The molecule has 1 atom stereocenters. The Balaban J connectivity index is 1.28. The van der Waals surface area contributed by atoms with Crippen molar-refractivity contribution in [3.8, 4) is 16.9 Å². The molecule has 3 aromatic carbocycles. The smallest absolute Gasteiger partial charge is 0.352 e. The highest BCUT2D eigenvalue weighted by atomic mass is 35.5. The van der Waals surface area contributed by atoms with Gasteiger partial charge < -0.3 is 23.9 Å². The van der Waals surface area contributed by atoms with Crippen molar-refractivity contribution in [2.45, 2.75) is 52.4 Å². The zero-order chi connectivity index (χ0) is 37.7. The summed E-state index contributed by atoms with van der Waals surface area (Å²) in [5, 5.41) is 23.4. The number of aryl methyl sites for hydroxylation is 6. The Morgan fingerprint density at radius 2 is 1.78 bits per heavy atom. The minimum Gasteiger partial charge on any atom is -0.493 e. The van der Waals surface area contributed by atoms with Crippen molar-refractivity contribution in [1.82, 2.24) is 29.0 Å². The highest BCUT2D eigenvalue weighted by Crippen LogP contribution is 2.44. The third-order valence-corrected chi connectivity index (χ3v) is 11.2. The van der Waals surface area contributed by atoms with Gasteiger partial charge in [-0.05, 0) is 92.1 Å². The molecule has 8 rings (SSSR count). The fraction of sp³-hybridized carbons (Fsp3) is 0.390. The van der Waals surface area contributed by atoms with Gasteiger partial charge in [0.25, 0.3) is 0 Å². The van der Waals surface area contributed by atoms with Crippen LogP contribution < -0.4 is 4.74 Å². The Morgan fingerprint density at radius 1 is 0.963 bits per heavy atom. The molecular weight excluding hydrogens is 711 g/mol. The van der Waals surface area contributed by atoms with Gasteiger partial charge in [0.2, 0.25) is 0 Å². The number of carboxylic acid groups (broad SMARTS) is 1. The molecule has 1 fully saturated rings. The van der Waals surface area contributed by atoms with Gasteiger partial charge in [0, 0.05) is 84.1 Å². The van der Waals surface area contributed by atoms with E-state index in [0.29, 0.717) is 68.5 Å². The summed E-state index contributed by atoms with van der Waals surface area (Å²) in [7, 11) is 3.85. The first-order valence-electron chi connectivity index (χ1n) is 18.4. The van der Waals surface area contributed by atoms with Gasteiger partial charge in [0.05, 0.1) is 32.1 Å². The number of carboxylic acids is 1. The first-order valence-corrected chi connectivity index (χ1v) is 18.8. The summed E-state index contributed by atoms with van der Waals surface area (Å²) in [6.07, 6.45) is 1.47. The summed E-state index contributed by atoms with van der Waals surface area (Å²) in [5.74, 6) is -0.665. The SMILES string of the molecule is Cc1c(C(=O)O)n2c3ccc(Cl)c(c13)-c1c(nn(C)c1C)C(CN1CCOCC1)OCc1cc(n(C)n1)CCc1cc(c3ccc(F)cc3c1)OCCC2. The molecule has 5 heterocycles. The molecule has 0 amide bonds. The van der Waals surface area contributed by atoms with Crippen LogP contribution in [-0.4, -0.2) is 79.6 Å².